The zero-order valence-corrected chi connectivity index (χ0v) is 12.5. The summed E-state index contributed by atoms with van der Waals surface area (Å²) in [6.07, 6.45) is 5.36. The molecule has 92 valence electrons. The number of nitrogens with zero attached hydrogens (tertiary/aromatic N) is 2. The summed E-state index contributed by atoms with van der Waals surface area (Å²) >= 11 is 5.42. The second-order valence-corrected chi connectivity index (χ2v) is 6.26. The van der Waals surface area contributed by atoms with Gasteiger partial charge in [0.15, 0.2) is 0 Å². The van der Waals surface area contributed by atoms with E-state index in [4.69, 9.17) is 0 Å². The molecule has 0 spiro atoms. The molecule has 4 heteroatoms. The first-order valence-corrected chi connectivity index (χ1v) is 7.73. The summed E-state index contributed by atoms with van der Waals surface area (Å²) in [6, 6.07) is 6.13. The third kappa shape index (κ3) is 2.04. The van der Waals surface area contributed by atoms with Gasteiger partial charge in [-0.05, 0) is 25.0 Å². The molecule has 3 rings (SSSR count). The van der Waals surface area contributed by atoms with E-state index >= 15 is 0 Å². The molecule has 0 bridgehead atoms. The molecule has 2 nitrogen and oxygen atoms in total. The Morgan fingerprint density at radius 3 is 3.00 bits per heavy atom. The van der Waals surface area contributed by atoms with E-state index in [-0.39, 0.29) is 0 Å². The third-order valence-corrected chi connectivity index (χ3v) is 4.80. The zero-order valence-electron chi connectivity index (χ0n) is 10.1. The summed E-state index contributed by atoms with van der Waals surface area (Å²) in [7, 11) is 0. The Kier molecular flexibility index (Phi) is 3.31. The quantitative estimate of drug-likeness (QED) is 0.682. The Morgan fingerprint density at radius 2 is 2.17 bits per heavy atom. The SMILES string of the molecule is CCCCc1nc2cnc3cccc(Br)c3c2s1. The number of fused-ring (bicyclic) bond motifs is 3. The van der Waals surface area contributed by atoms with Crippen molar-refractivity contribution < 1.29 is 0 Å². The van der Waals surface area contributed by atoms with Gasteiger partial charge in [0, 0.05) is 9.86 Å². The molecule has 18 heavy (non-hydrogen) atoms. The van der Waals surface area contributed by atoms with E-state index in [0.717, 1.165) is 21.9 Å². The molecule has 0 fully saturated rings. The summed E-state index contributed by atoms with van der Waals surface area (Å²) in [5.74, 6) is 0. The van der Waals surface area contributed by atoms with Gasteiger partial charge in [0.2, 0.25) is 0 Å². The molecule has 0 radical (unpaired) electrons. The molecule has 1 aromatic carbocycles. The van der Waals surface area contributed by atoms with Crippen LogP contribution in [0, 0.1) is 0 Å². The van der Waals surface area contributed by atoms with Crippen LogP contribution in [0.25, 0.3) is 21.1 Å². The van der Waals surface area contributed by atoms with Crippen LogP contribution < -0.4 is 0 Å². The lowest BCUT2D eigenvalue weighted by Crippen LogP contribution is -1.82. The standard InChI is InChI=1S/C14H13BrN2S/c1-2-3-7-12-17-11-8-16-10-6-4-5-9(15)13(10)14(11)18-12/h4-6,8H,2-3,7H2,1H3. The van der Waals surface area contributed by atoms with Crippen LogP contribution in [0.2, 0.25) is 0 Å². The summed E-state index contributed by atoms with van der Waals surface area (Å²) in [5.41, 5.74) is 2.05. The minimum absolute atomic E-state index is 1.02. The molecule has 0 saturated heterocycles. The van der Waals surface area contributed by atoms with Crippen LogP contribution in [0.5, 0.6) is 0 Å². The largest absolute Gasteiger partial charge is 0.254 e. The molecule has 0 aliphatic carbocycles. The number of thiazole rings is 1. The monoisotopic (exact) mass is 320 g/mol. The number of hydrogen-bond acceptors (Lipinski definition) is 3. The number of halogens is 1. The average molecular weight is 321 g/mol. The van der Waals surface area contributed by atoms with E-state index in [1.54, 1.807) is 11.3 Å². The van der Waals surface area contributed by atoms with Gasteiger partial charge in [-0.1, -0.05) is 35.3 Å². The number of hydrogen-bond donors (Lipinski definition) is 0. The van der Waals surface area contributed by atoms with Crippen molar-refractivity contribution in [3.63, 3.8) is 0 Å². The summed E-state index contributed by atoms with van der Waals surface area (Å²) in [4.78, 5) is 9.15. The molecular formula is C14H13BrN2S. The molecular weight excluding hydrogens is 308 g/mol. The lowest BCUT2D eigenvalue weighted by Gasteiger charge is -1.99. The maximum absolute atomic E-state index is 4.68. The van der Waals surface area contributed by atoms with Crippen LogP contribution >= 0.6 is 27.3 Å². The van der Waals surface area contributed by atoms with Gasteiger partial charge in [0.05, 0.1) is 21.4 Å². The summed E-state index contributed by atoms with van der Waals surface area (Å²) < 4.78 is 2.35. The maximum atomic E-state index is 4.68. The Morgan fingerprint density at radius 1 is 1.28 bits per heavy atom. The smallest absolute Gasteiger partial charge is 0.101 e. The fourth-order valence-electron chi connectivity index (χ4n) is 2.06. The van der Waals surface area contributed by atoms with E-state index in [2.05, 4.69) is 38.9 Å². The van der Waals surface area contributed by atoms with Gasteiger partial charge in [-0.3, -0.25) is 4.98 Å². The molecule has 0 saturated carbocycles. The first kappa shape index (κ1) is 12.1. The van der Waals surface area contributed by atoms with Crippen molar-refractivity contribution in [3.05, 3.63) is 33.9 Å². The Balaban J connectivity index is 2.23. The van der Waals surface area contributed by atoms with Gasteiger partial charge in [0.25, 0.3) is 0 Å². The minimum Gasteiger partial charge on any atom is -0.254 e. The first-order chi connectivity index (χ1) is 8.79. The lowest BCUT2D eigenvalue weighted by molar-refractivity contribution is 0.791. The van der Waals surface area contributed by atoms with E-state index in [1.165, 1.54) is 27.9 Å². The van der Waals surface area contributed by atoms with Gasteiger partial charge in [0.1, 0.15) is 5.52 Å². The van der Waals surface area contributed by atoms with Crippen molar-refractivity contribution >= 4 is 48.4 Å². The number of pyridine rings is 1. The third-order valence-electron chi connectivity index (χ3n) is 2.99. The molecule has 3 aromatic rings. The van der Waals surface area contributed by atoms with Crippen LogP contribution in [0.3, 0.4) is 0 Å². The van der Waals surface area contributed by atoms with Crippen LogP contribution in [-0.2, 0) is 6.42 Å². The topological polar surface area (TPSA) is 25.8 Å². The van der Waals surface area contributed by atoms with Gasteiger partial charge < -0.3 is 0 Å². The second-order valence-electron chi connectivity index (χ2n) is 4.32. The zero-order chi connectivity index (χ0) is 12.5. The van der Waals surface area contributed by atoms with Crippen molar-refractivity contribution in [2.24, 2.45) is 0 Å². The highest BCUT2D eigenvalue weighted by molar-refractivity contribution is 9.10. The van der Waals surface area contributed by atoms with Crippen molar-refractivity contribution in [2.75, 3.05) is 0 Å². The highest BCUT2D eigenvalue weighted by Gasteiger charge is 2.10. The molecule has 0 amide bonds. The van der Waals surface area contributed by atoms with E-state index in [9.17, 15) is 0 Å². The van der Waals surface area contributed by atoms with Crippen LogP contribution in [0.4, 0.5) is 0 Å². The Labute approximate surface area is 118 Å². The predicted octanol–water partition coefficient (Wildman–Crippen LogP) is 4.95. The average Bonchev–Trinajstić information content (AvgIpc) is 2.79. The van der Waals surface area contributed by atoms with Crippen molar-refractivity contribution in [1.82, 2.24) is 9.97 Å². The number of benzene rings is 1. The normalized spacial score (nSPS) is 11.4. The molecule has 2 heterocycles. The van der Waals surface area contributed by atoms with Gasteiger partial charge in [-0.25, -0.2) is 4.98 Å². The van der Waals surface area contributed by atoms with E-state index in [1.807, 2.05) is 18.3 Å². The molecule has 0 unspecified atom stereocenters. The van der Waals surface area contributed by atoms with Crippen molar-refractivity contribution in [1.29, 1.82) is 0 Å². The number of aryl methyl sites for hydroxylation is 1. The second kappa shape index (κ2) is 4.94. The van der Waals surface area contributed by atoms with Crippen molar-refractivity contribution in [2.45, 2.75) is 26.2 Å². The highest BCUT2D eigenvalue weighted by Crippen LogP contribution is 2.34. The molecule has 0 N–H and O–H groups in total. The van der Waals surface area contributed by atoms with Gasteiger partial charge >= 0.3 is 0 Å². The van der Waals surface area contributed by atoms with Crippen LogP contribution in [0.15, 0.2) is 28.9 Å². The number of unbranched alkanes of at least 4 members (excludes halogenated alkanes) is 1. The lowest BCUT2D eigenvalue weighted by atomic mass is 10.2. The highest BCUT2D eigenvalue weighted by atomic mass is 79.9. The van der Waals surface area contributed by atoms with Crippen molar-refractivity contribution in [3.8, 4) is 0 Å². The maximum Gasteiger partial charge on any atom is 0.101 e. The number of rotatable bonds is 3. The summed E-state index contributed by atoms with van der Waals surface area (Å²) in [6.45, 7) is 2.21. The predicted molar refractivity (Wildman–Crippen MR) is 81.2 cm³/mol. The van der Waals surface area contributed by atoms with Gasteiger partial charge in [-0.15, -0.1) is 11.3 Å². The Bertz CT molecular complexity index is 705. The first-order valence-electron chi connectivity index (χ1n) is 6.12. The molecule has 0 atom stereocenters. The van der Waals surface area contributed by atoms with Gasteiger partial charge in [-0.2, -0.15) is 0 Å². The number of aromatic nitrogens is 2. The van der Waals surface area contributed by atoms with Crippen LogP contribution in [-0.4, -0.2) is 9.97 Å². The van der Waals surface area contributed by atoms with Crippen LogP contribution in [0.1, 0.15) is 24.8 Å². The molecule has 0 aliphatic heterocycles. The molecule has 0 aliphatic rings. The Hall–Kier alpha value is -1.000. The minimum atomic E-state index is 1.02. The fourth-order valence-corrected chi connectivity index (χ4v) is 3.89. The fraction of sp³-hybridized carbons (Fsp3) is 0.286. The molecule has 2 aromatic heterocycles. The summed E-state index contributed by atoms with van der Waals surface area (Å²) in [5, 5.41) is 2.41. The van der Waals surface area contributed by atoms with E-state index < -0.39 is 0 Å². The van der Waals surface area contributed by atoms with E-state index in [0.29, 0.717) is 0 Å².